The summed E-state index contributed by atoms with van der Waals surface area (Å²) in [4.78, 5) is 0. The lowest BCUT2D eigenvalue weighted by Crippen LogP contribution is -2.14. The zero-order chi connectivity index (χ0) is 35.7. The van der Waals surface area contributed by atoms with Gasteiger partial charge >= 0.3 is 0 Å². The van der Waals surface area contributed by atoms with Crippen molar-refractivity contribution >= 4 is 11.1 Å². The highest BCUT2D eigenvalue weighted by atomic mass is 16.3. The predicted octanol–water partition coefficient (Wildman–Crippen LogP) is 7.81. The van der Waals surface area contributed by atoms with Gasteiger partial charge in [0, 0.05) is 53.0 Å². The Hall–Kier alpha value is -6.74. The van der Waals surface area contributed by atoms with Gasteiger partial charge in [0.05, 0.1) is 0 Å². The number of rotatable bonds is 4. The average molecular weight is 681 g/mol. The van der Waals surface area contributed by atoms with E-state index in [1.165, 1.54) is 66.7 Å². The highest BCUT2D eigenvalue weighted by Gasteiger charge is 2.51. The van der Waals surface area contributed by atoms with Gasteiger partial charge in [0.15, 0.2) is 0 Å². The fourth-order valence-corrected chi connectivity index (χ4v) is 8.31. The summed E-state index contributed by atoms with van der Waals surface area (Å²) >= 11 is 0. The Morgan fingerprint density at radius 2 is 0.804 bits per heavy atom. The first-order chi connectivity index (χ1) is 24.5. The summed E-state index contributed by atoms with van der Waals surface area (Å²) in [6, 6.07) is 29.3. The molecule has 2 aliphatic rings. The Labute approximate surface area is 291 Å². The molecule has 0 aliphatic heterocycles. The van der Waals surface area contributed by atoms with Crippen molar-refractivity contribution in [1.29, 1.82) is 0 Å². The van der Waals surface area contributed by atoms with Gasteiger partial charge in [-0.2, -0.15) is 0 Å². The lowest BCUT2D eigenvalue weighted by atomic mass is 9.73. The molecule has 254 valence electrons. The van der Waals surface area contributed by atoms with Crippen molar-refractivity contribution in [3.8, 4) is 51.7 Å². The van der Waals surface area contributed by atoms with Crippen molar-refractivity contribution in [1.82, 2.24) is 0 Å². The second-order valence-electron chi connectivity index (χ2n) is 13.1. The maximum Gasteiger partial charge on any atom is 0.123 e. The summed E-state index contributed by atoms with van der Waals surface area (Å²) in [5.74, 6) is -4.19. The molecule has 9 heteroatoms. The van der Waals surface area contributed by atoms with Crippen LogP contribution in [0.1, 0.15) is 68.2 Å². The highest BCUT2D eigenvalue weighted by molar-refractivity contribution is 6.01. The number of phenolic OH excluding ortho intramolecular Hbond substituents is 9. The van der Waals surface area contributed by atoms with Crippen LogP contribution in [0.25, 0.3) is 11.1 Å². The number of benzene rings is 6. The molecule has 0 heterocycles. The first kappa shape index (κ1) is 31.5. The number of aromatic hydroxyl groups is 9. The minimum Gasteiger partial charge on any atom is -0.508 e. The number of allylic oxidation sites excluding steroid dienone is 2. The molecule has 4 atom stereocenters. The third-order valence-electron chi connectivity index (χ3n) is 10.1. The van der Waals surface area contributed by atoms with E-state index < -0.39 is 23.7 Å². The Kier molecular flexibility index (Phi) is 7.23. The first-order valence-corrected chi connectivity index (χ1v) is 16.2. The Morgan fingerprint density at radius 3 is 1.37 bits per heavy atom. The molecule has 9 nitrogen and oxygen atoms in total. The molecule has 2 aliphatic carbocycles. The standard InChI is InChI=1S/C42H32O9/c43-24-7-1-20(2-8-24)35-38(23-13-27(46)15-28(47)14-23)36(21-3-9-25(44)10-4-21)41-32-17-30(49)19-34(51)40(32)37(22-5-11-26(45)12-6-22)42(41)31-16-29(48)18-33(50)39(31)35/h1-19,35,37,41-51H/t35-,37+,41-,42+/m0/s1. The molecular weight excluding hydrogens is 648 g/mol. The summed E-state index contributed by atoms with van der Waals surface area (Å²) in [6.45, 7) is 0. The van der Waals surface area contributed by atoms with Crippen LogP contribution in [0.15, 0.2) is 115 Å². The van der Waals surface area contributed by atoms with Gasteiger partial charge in [0.25, 0.3) is 0 Å². The molecule has 51 heavy (non-hydrogen) atoms. The van der Waals surface area contributed by atoms with E-state index in [-0.39, 0.29) is 51.7 Å². The number of hydrogen-bond acceptors (Lipinski definition) is 9. The summed E-state index contributed by atoms with van der Waals surface area (Å²) in [7, 11) is 0. The van der Waals surface area contributed by atoms with Crippen LogP contribution < -0.4 is 0 Å². The normalized spacial score (nSPS) is 19.2. The maximum absolute atomic E-state index is 12.0. The van der Waals surface area contributed by atoms with E-state index in [9.17, 15) is 46.0 Å². The molecule has 0 bridgehead atoms. The quantitative estimate of drug-likeness (QED) is 0.0897. The van der Waals surface area contributed by atoms with Crippen LogP contribution in [0.3, 0.4) is 0 Å². The molecule has 0 unspecified atom stereocenters. The molecule has 0 fully saturated rings. The van der Waals surface area contributed by atoms with Gasteiger partial charge < -0.3 is 46.0 Å². The summed E-state index contributed by atoms with van der Waals surface area (Å²) in [5.41, 5.74) is 5.37. The number of fused-ring (bicyclic) bond motifs is 5. The maximum atomic E-state index is 12.0. The van der Waals surface area contributed by atoms with Crippen LogP contribution >= 0.6 is 0 Å². The van der Waals surface area contributed by atoms with E-state index in [2.05, 4.69) is 0 Å². The lowest BCUT2D eigenvalue weighted by Gasteiger charge is -2.29. The second kappa shape index (κ2) is 11.7. The zero-order valence-electron chi connectivity index (χ0n) is 26.8. The molecule has 6 aromatic rings. The van der Waals surface area contributed by atoms with Crippen molar-refractivity contribution in [3.63, 3.8) is 0 Å². The molecule has 9 N–H and O–H groups in total. The topological polar surface area (TPSA) is 182 Å². The largest absolute Gasteiger partial charge is 0.508 e. The van der Waals surface area contributed by atoms with Crippen LogP contribution in [-0.4, -0.2) is 46.0 Å². The van der Waals surface area contributed by atoms with Gasteiger partial charge in [0.2, 0.25) is 0 Å². The van der Waals surface area contributed by atoms with Crippen LogP contribution in [0, 0.1) is 0 Å². The average Bonchev–Trinajstić information content (AvgIpc) is 3.34. The molecule has 0 amide bonds. The van der Waals surface area contributed by atoms with E-state index >= 15 is 0 Å². The fraction of sp³-hybridized carbons (Fsp3) is 0.0952. The molecule has 8 rings (SSSR count). The monoisotopic (exact) mass is 680 g/mol. The molecule has 0 saturated heterocycles. The third-order valence-corrected chi connectivity index (χ3v) is 10.1. The van der Waals surface area contributed by atoms with E-state index in [1.54, 1.807) is 48.5 Å². The molecular formula is C42H32O9. The van der Waals surface area contributed by atoms with Crippen LogP contribution in [0.4, 0.5) is 0 Å². The SMILES string of the molecule is Oc1ccc(C2=C(c3cc(O)cc(O)c3)[C@H](c3ccc(O)cc3)c3c(O)cc(O)cc3[C@@H]3[C@H](c4ccc(O)cc4)c4c(O)cc(O)cc4[C@@H]23)cc1. The minimum absolute atomic E-state index is 0.00551. The van der Waals surface area contributed by atoms with Gasteiger partial charge in [-0.05, 0) is 105 Å². The Morgan fingerprint density at radius 1 is 0.333 bits per heavy atom. The predicted molar refractivity (Wildman–Crippen MR) is 190 cm³/mol. The molecule has 0 spiro atoms. The van der Waals surface area contributed by atoms with Gasteiger partial charge in [-0.1, -0.05) is 36.4 Å². The number of hydrogen-bond donors (Lipinski definition) is 9. The van der Waals surface area contributed by atoms with Crippen LogP contribution in [-0.2, 0) is 0 Å². The van der Waals surface area contributed by atoms with Gasteiger partial charge in [-0.25, -0.2) is 0 Å². The zero-order valence-corrected chi connectivity index (χ0v) is 26.8. The molecule has 0 radical (unpaired) electrons. The van der Waals surface area contributed by atoms with Crippen molar-refractivity contribution in [3.05, 3.63) is 160 Å². The second-order valence-corrected chi connectivity index (χ2v) is 13.1. The summed E-state index contributed by atoms with van der Waals surface area (Å²) < 4.78 is 0. The smallest absolute Gasteiger partial charge is 0.123 e. The highest BCUT2D eigenvalue weighted by Crippen LogP contribution is 2.67. The van der Waals surface area contributed by atoms with Crippen molar-refractivity contribution in [2.45, 2.75) is 23.7 Å². The summed E-state index contributed by atoms with van der Waals surface area (Å²) in [6.07, 6.45) is 0. The van der Waals surface area contributed by atoms with Crippen LogP contribution in [0.5, 0.6) is 51.7 Å². The fourth-order valence-electron chi connectivity index (χ4n) is 8.31. The molecule has 6 aromatic carbocycles. The van der Waals surface area contributed by atoms with E-state index in [4.69, 9.17) is 0 Å². The van der Waals surface area contributed by atoms with Crippen molar-refractivity contribution in [2.24, 2.45) is 0 Å². The van der Waals surface area contributed by atoms with E-state index in [0.717, 1.165) is 0 Å². The first-order valence-electron chi connectivity index (χ1n) is 16.2. The van der Waals surface area contributed by atoms with Crippen molar-refractivity contribution in [2.75, 3.05) is 0 Å². The van der Waals surface area contributed by atoms with Crippen LogP contribution in [0.2, 0.25) is 0 Å². The van der Waals surface area contributed by atoms with Gasteiger partial charge in [-0.3, -0.25) is 0 Å². The number of phenols is 9. The lowest BCUT2D eigenvalue weighted by molar-refractivity contribution is 0.440. The van der Waals surface area contributed by atoms with Gasteiger partial charge in [0.1, 0.15) is 51.7 Å². The Bertz CT molecular complexity index is 2340. The van der Waals surface area contributed by atoms with Gasteiger partial charge in [-0.15, -0.1) is 0 Å². The minimum atomic E-state index is -0.855. The summed E-state index contributed by atoms with van der Waals surface area (Å²) in [5, 5.41) is 98.5. The molecule has 0 saturated carbocycles. The van der Waals surface area contributed by atoms with E-state index in [1.807, 2.05) is 0 Å². The molecule has 0 aromatic heterocycles. The van der Waals surface area contributed by atoms with Crippen molar-refractivity contribution < 1.29 is 46.0 Å². The third kappa shape index (κ3) is 5.18. The Balaban J connectivity index is 1.62. The van der Waals surface area contributed by atoms with E-state index in [0.29, 0.717) is 55.7 Å².